The van der Waals surface area contributed by atoms with Crippen molar-refractivity contribution in [2.45, 2.75) is 32.2 Å². The van der Waals surface area contributed by atoms with Gasteiger partial charge in [-0.3, -0.25) is 14.4 Å². The van der Waals surface area contributed by atoms with Crippen molar-refractivity contribution >= 4 is 11.8 Å². The first kappa shape index (κ1) is 19.9. The van der Waals surface area contributed by atoms with Crippen LogP contribution in [0, 0.1) is 5.92 Å². The predicted octanol–water partition coefficient (Wildman–Crippen LogP) is 2.49. The van der Waals surface area contributed by atoms with Crippen LogP contribution in [0.4, 0.5) is 0 Å². The molecule has 1 N–H and O–H groups in total. The zero-order valence-electron chi connectivity index (χ0n) is 16.6. The van der Waals surface area contributed by atoms with Gasteiger partial charge in [-0.25, -0.2) is 0 Å². The molecule has 1 saturated heterocycles. The highest BCUT2D eigenvalue weighted by Crippen LogP contribution is 2.31. The van der Waals surface area contributed by atoms with Crippen LogP contribution in [0.1, 0.15) is 42.1 Å². The third-order valence-electron chi connectivity index (χ3n) is 5.38. The summed E-state index contributed by atoms with van der Waals surface area (Å²) >= 11 is 0. The highest BCUT2D eigenvalue weighted by molar-refractivity contribution is 5.93. The van der Waals surface area contributed by atoms with E-state index >= 15 is 0 Å². The molecule has 0 aliphatic carbocycles. The first-order valence-electron chi connectivity index (χ1n) is 9.68. The number of aromatic nitrogens is 1. The Hall–Kier alpha value is -2.89. The molecule has 2 atom stereocenters. The van der Waals surface area contributed by atoms with E-state index in [1.807, 2.05) is 35.2 Å². The van der Waals surface area contributed by atoms with Crippen LogP contribution in [0.5, 0.6) is 0 Å². The molecule has 6 heteroatoms. The number of carbonyl (C=O) groups is 2. The topological polar surface area (TPSA) is 73.5 Å². The first-order valence-corrected chi connectivity index (χ1v) is 9.68. The lowest BCUT2D eigenvalue weighted by Crippen LogP contribution is -2.57. The number of hydrogen-bond acceptors (Lipinski definition) is 3. The van der Waals surface area contributed by atoms with E-state index < -0.39 is 0 Å². The van der Waals surface area contributed by atoms with Crippen LogP contribution in [-0.2, 0) is 4.79 Å². The summed E-state index contributed by atoms with van der Waals surface area (Å²) in [5.41, 5.74) is 1.23. The molecule has 28 heavy (non-hydrogen) atoms. The van der Waals surface area contributed by atoms with Crippen LogP contribution in [0.2, 0.25) is 0 Å². The number of aromatic amines is 1. The molecule has 3 rings (SSSR count). The highest BCUT2D eigenvalue weighted by atomic mass is 16.2. The van der Waals surface area contributed by atoms with E-state index in [4.69, 9.17) is 0 Å². The number of nitrogens with one attached hydrogen (secondary N) is 1. The third-order valence-corrected chi connectivity index (χ3v) is 5.38. The lowest BCUT2D eigenvalue weighted by Gasteiger charge is -2.45. The second kappa shape index (κ2) is 8.42. The summed E-state index contributed by atoms with van der Waals surface area (Å²) in [5.74, 6) is -0.0257. The van der Waals surface area contributed by atoms with Crippen molar-refractivity contribution < 1.29 is 9.59 Å². The third kappa shape index (κ3) is 4.16. The van der Waals surface area contributed by atoms with Crippen molar-refractivity contribution in [3.05, 3.63) is 70.1 Å². The number of carbonyl (C=O) groups excluding carboxylic acids is 2. The fourth-order valence-corrected chi connectivity index (χ4v) is 3.74. The van der Waals surface area contributed by atoms with Gasteiger partial charge in [-0.05, 0) is 24.0 Å². The molecule has 1 aliphatic rings. The lowest BCUT2D eigenvalue weighted by atomic mass is 9.85. The Morgan fingerprint density at radius 3 is 2.43 bits per heavy atom. The van der Waals surface area contributed by atoms with Gasteiger partial charge < -0.3 is 14.8 Å². The van der Waals surface area contributed by atoms with Crippen molar-refractivity contribution in [2.24, 2.45) is 5.92 Å². The van der Waals surface area contributed by atoms with Gasteiger partial charge in [-0.15, -0.1) is 0 Å². The number of likely N-dealkylation sites (tertiary alicyclic amines) is 1. The summed E-state index contributed by atoms with van der Waals surface area (Å²) in [6, 6.07) is 12.8. The smallest absolute Gasteiger partial charge is 0.255 e. The molecule has 0 bridgehead atoms. The molecule has 0 saturated carbocycles. The number of likely N-dealkylation sites (N-methyl/N-ethyl adjacent to an activating group) is 1. The molecule has 6 nitrogen and oxygen atoms in total. The summed E-state index contributed by atoms with van der Waals surface area (Å²) in [6.07, 6.45) is 2.31. The van der Waals surface area contributed by atoms with Gasteiger partial charge in [0.2, 0.25) is 11.5 Å². The Balaban J connectivity index is 1.67. The van der Waals surface area contributed by atoms with Crippen molar-refractivity contribution in [1.82, 2.24) is 14.8 Å². The molecule has 1 aromatic heterocycles. The zero-order valence-corrected chi connectivity index (χ0v) is 16.6. The van der Waals surface area contributed by atoms with E-state index in [2.05, 4.69) is 18.8 Å². The minimum atomic E-state index is -0.240. The number of benzene rings is 1. The quantitative estimate of drug-likeness (QED) is 0.835. The first-order chi connectivity index (χ1) is 13.4. The lowest BCUT2D eigenvalue weighted by molar-refractivity contribution is -0.142. The standard InChI is InChI=1S/C22H27N3O3/c1-15(2)20(16-7-5-4-6-8-16)22(28)25-12-11-18(25)14-24(3)21(27)17-9-10-19(26)23-13-17/h4-10,13,15,18,20H,11-12,14H2,1-3H3,(H,23,26). The molecule has 0 spiro atoms. The molecular formula is C22H27N3O3. The van der Waals surface area contributed by atoms with E-state index in [-0.39, 0.29) is 35.3 Å². The molecule has 2 unspecified atom stereocenters. The zero-order chi connectivity index (χ0) is 20.3. The van der Waals surface area contributed by atoms with Crippen LogP contribution >= 0.6 is 0 Å². The summed E-state index contributed by atoms with van der Waals surface area (Å²) < 4.78 is 0. The average Bonchev–Trinajstić information content (AvgIpc) is 2.65. The van der Waals surface area contributed by atoms with Gasteiger partial charge in [0.25, 0.3) is 5.91 Å². The second-order valence-corrected chi connectivity index (χ2v) is 7.73. The monoisotopic (exact) mass is 381 g/mol. The fraction of sp³-hybridized carbons (Fsp3) is 0.409. The van der Waals surface area contributed by atoms with Crippen molar-refractivity contribution in [3.8, 4) is 0 Å². The number of rotatable bonds is 6. The normalized spacial score (nSPS) is 17.1. The maximum atomic E-state index is 13.2. The summed E-state index contributed by atoms with van der Waals surface area (Å²) in [6.45, 7) is 5.33. The Kier molecular flexibility index (Phi) is 5.97. The van der Waals surface area contributed by atoms with Crippen LogP contribution < -0.4 is 5.56 Å². The number of H-pyrrole nitrogens is 1. The van der Waals surface area contributed by atoms with Crippen molar-refractivity contribution in [2.75, 3.05) is 20.1 Å². The van der Waals surface area contributed by atoms with Gasteiger partial charge in [0, 0.05) is 32.4 Å². The number of pyridine rings is 1. The number of nitrogens with zero attached hydrogens (tertiary/aromatic N) is 2. The van der Waals surface area contributed by atoms with Crippen molar-refractivity contribution in [1.29, 1.82) is 0 Å². The molecular weight excluding hydrogens is 354 g/mol. The van der Waals surface area contributed by atoms with E-state index in [0.717, 1.165) is 18.5 Å². The van der Waals surface area contributed by atoms with Gasteiger partial charge in [0.15, 0.2) is 0 Å². The summed E-state index contributed by atoms with van der Waals surface area (Å²) in [4.78, 5) is 43.0. The summed E-state index contributed by atoms with van der Waals surface area (Å²) in [7, 11) is 1.73. The Bertz CT molecular complexity index is 871. The van der Waals surface area contributed by atoms with Gasteiger partial charge in [-0.1, -0.05) is 44.2 Å². The Morgan fingerprint density at radius 1 is 1.18 bits per heavy atom. The summed E-state index contributed by atoms with van der Waals surface area (Å²) in [5, 5.41) is 0. The van der Waals surface area contributed by atoms with Crippen molar-refractivity contribution in [3.63, 3.8) is 0 Å². The maximum absolute atomic E-state index is 13.2. The molecule has 1 aliphatic heterocycles. The van der Waals surface area contributed by atoms with Crippen LogP contribution in [0.3, 0.4) is 0 Å². The Labute approximate surface area is 165 Å². The van der Waals surface area contributed by atoms with Crippen LogP contribution in [-0.4, -0.2) is 52.8 Å². The minimum Gasteiger partial charge on any atom is -0.340 e. The van der Waals surface area contributed by atoms with Gasteiger partial charge in [0.1, 0.15) is 0 Å². The van der Waals surface area contributed by atoms with Gasteiger partial charge in [0.05, 0.1) is 17.5 Å². The van der Waals surface area contributed by atoms with Crippen LogP contribution in [0.15, 0.2) is 53.5 Å². The van der Waals surface area contributed by atoms with Gasteiger partial charge >= 0.3 is 0 Å². The molecule has 2 amide bonds. The average molecular weight is 381 g/mol. The second-order valence-electron chi connectivity index (χ2n) is 7.73. The molecule has 1 aromatic carbocycles. The van der Waals surface area contributed by atoms with Gasteiger partial charge in [-0.2, -0.15) is 0 Å². The molecule has 1 fully saturated rings. The van der Waals surface area contributed by atoms with E-state index in [1.165, 1.54) is 18.3 Å². The molecule has 0 radical (unpaired) electrons. The molecule has 2 heterocycles. The predicted molar refractivity (Wildman–Crippen MR) is 108 cm³/mol. The molecule has 2 aromatic rings. The van der Waals surface area contributed by atoms with E-state index in [0.29, 0.717) is 12.1 Å². The number of amides is 2. The largest absolute Gasteiger partial charge is 0.340 e. The fourth-order valence-electron chi connectivity index (χ4n) is 3.74. The van der Waals surface area contributed by atoms with Crippen LogP contribution in [0.25, 0.3) is 0 Å². The van der Waals surface area contributed by atoms with E-state index in [1.54, 1.807) is 11.9 Å². The van der Waals surface area contributed by atoms with E-state index in [9.17, 15) is 14.4 Å². The maximum Gasteiger partial charge on any atom is 0.255 e. The molecule has 148 valence electrons. The Morgan fingerprint density at radius 2 is 1.89 bits per heavy atom. The SMILES string of the molecule is CC(C)C(C(=O)N1CCC1CN(C)C(=O)c1ccc(=O)[nH]c1)c1ccccc1. The highest BCUT2D eigenvalue weighted by Gasteiger charge is 2.38. The minimum absolute atomic E-state index is 0.0224. The number of hydrogen-bond donors (Lipinski definition) is 1.